The summed E-state index contributed by atoms with van der Waals surface area (Å²) >= 11 is 1.54. The molecule has 1 aromatic heterocycles. The maximum Gasteiger partial charge on any atom is 0.239 e. The van der Waals surface area contributed by atoms with E-state index in [0.717, 1.165) is 16.0 Å². The number of ether oxygens (including phenoxy) is 2. The van der Waals surface area contributed by atoms with Gasteiger partial charge in [0.15, 0.2) is 11.5 Å². The largest absolute Gasteiger partial charge is 0.486 e. The van der Waals surface area contributed by atoms with E-state index in [1.165, 1.54) is 15.6 Å². The van der Waals surface area contributed by atoms with Crippen molar-refractivity contribution < 1.29 is 17.9 Å². The second kappa shape index (κ2) is 7.85. The van der Waals surface area contributed by atoms with Gasteiger partial charge in [0, 0.05) is 10.9 Å². The summed E-state index contributed by atoms with van der Waals surface area (Å²) in [6.07, 6.45) is 0. The quantitative estimate of drug-likeness (QED) is 0.600. The minimum atomic E-state index is -3.60. The van der Waals surface area contributed by atoms with Crippen LogP contribution in [0, 0.1) is 6.92 Å². The zero-order chi connectivity index (χ0) is 19.6. The second-order valence-electron chi connectivity index (χ2n) is 6.66. The van der Waals surface area contributed by atoms with Crippen LogP contribution in [0.5, 0.6) is 11.5 Å². The third kappa shape index (κ3) is 4.15. The van der Waals surface area contributed by atoms with Gasteiger partial charge in [0.25, 0.3) is 0 Å². The zero-order valence-electron chi connectivity index (χ0n) is 15.5. The fraction of sp³-hybridized carbons (Fsp3) is 0.238. The van der Waals surface area contributed by atoms with Gasteiger partial charge in [0.05, 0.1) is 18.0 Å². The molecule has 0 N–H and O–H groups in total. The van der Waals surface area contributed by atoms with E-state index >= 15 is 0 Å². The summed E-state index contributed by atoms with van der Waals surface area (Å²) < 4.78 is 39.4. The first kappa shape index (κ1) is 18.8. The van der Waals surface area contributed by atoms with Crippen LogP contribution < -0.4 is 13.8 Å². The van der Waals surface area contributed by atoms with Crippen molar-refractivity contribution in [3.8, 4) is 11.5 Å². The molecule has 0 saturated heterocycles. The molecule has 0 fully saturated rings. The van der Waals surface area contributed by atoms with E-state index in [4.69, 9.17) is 9.47 Å². The third-order valence-corrected chi connectivity index (χ3v) is 7.03. The van der Waals surface area contributed by atoms with Crippen LogP contribution in [0.2, 0.25) is 0 Å². The molecule has 1 aliphatic heterocycles. The van der Waals surface area contributed by atoms with Crippen LogP contribution in [0.1, 0.15) is 16.0 Å². The lowest BCUT2D eigenvalue weighted by atomic mass is 10.2. The summed E-state index contributed by atoms with van der Waals surface area (Å²) in [5.41, 5.74) is 2.39. The number of hydrogen-bond donors (Lipinski definition) is 0. The molecule has 0 amide bonds. The van der Waals surface area contributed by atoms with E-state index in [-0.39, 0.29) is 12.3 Å². The van der Waals surface area contributed by atoms with Crippen LogP contribution in [-0.2, 0) is 22.3 Å². The number of thiophene rings is 1. The predicted octanol–water partition coefficient (Wildman–Crippen LogP) is 4.36. The maximum atomic E-state index is 13.4. The summed E-state index contributed by atoms with van der Waals surface area (Å²) in [6, 6.07) is 16.8. The highest BCUT2D eigenvalue weighted by molar-refractivity contribution is 7.92. The Kier molecular flexibility index (Phi) is 5.28. The van der Waals surface area contributed by atoms with Crippen molar-refractivity contribution in [1.29, 1.82) is 0 Å². The molecule has 0 unspecified atom stereocenters. The average molecular weight is 416 g/mol. The molecular weight excluding hydrogens is 394 g/mol. The number of aryl methyl sites for hydroxylation is 1. The van der Waals surface area contributed by atoms with Crippen LogP contribution >= 0.6 is 11.3 Å². The van der Waals surface area contributed by atoms with E-state index in [2.05, 4.69) is 0 Å². The molecule has 0 bridgehead atoms. The minimum Gasteiger partial charge on any atom is -0.486 e. The Morgan fingerprint density at radius 2 is 1.82 bits per heavy atom. The lowest BCUT2D eigenvalue weighted by molar-refractivity contribution is 0.171. The Morgan fingerprint density at radius 3 is 2.57 bits per heavy atom. The average Bonchev–Trinajstić information content (AvgIpc) is 3.19. The van der Waals surface area contributed by atoms with E-state index in [1.54, 1.807) is 18.2 Å². The van der Waals surface area contributed by atoms with Gasteiger partial charge < -0.3 is 9.47 Å². The molecule has 2 aromatic carbocycles. The molecule has 0 saturated carbocycles. The van der Waals surface area contributed by atoms with Crippen molar-refractivity contribution >= 4 is 27.0 Å². The third-order valence-electron chi connectivity index (χ3n) is 4.46. The van der Waals surface area contributed by atoms with Crippen molar-refractivity contribution in [1.82, 2.24) is 0 Å². The molecule has 0 radical (unpaired) electrons. The zero-order valence-corrected chi connectivity index (χ0v) is 17.1. The number of anilines is 1. The highest BCUT2D eigenvalue weighted by Gasteiger charge is 2.25. The Morgan fingerprint density at radius 1 is 1.00 bits per heavy atom. The van der Waals surface area contributed by atoms with Crippen LogP contribution in [-0.4, -0.2) is 21.6 Å². The molecule has 0 aliphatic carbocycles. The smallest absolute Gasteiger partial charge is 0.239 e. The number of sulfonamides is 1. The Labute approximate surface area is 169 Å². The standard InChI is InChI=1S/C21H21NO4S2/c1-16-4-2-5-17(12-16)15-28(23,24)22(14-19-6-3-11-27-19)18-7-8-20-21(13-18)26-10-9-25-20/h2-8,11-13H,9-10,14-15H2,1H3. The fourth-order valence-electron chi connectivity index (χ4n) is 3.17. The number of benzene rings is 2. The Bertz CT molecular complexity index is 1060. The molecule has 4 rings (SSSR count). The van der Waals surface area contributed by atoms with Gasteiger partial charge in [-0.05, 0) is 36.1 Å². The first-order valence-electron chi connectivity index (χ1n) is 8.99. The van der Waals surface area contributed by atoms with Gasteiger partial charge in [-0.15, -0.1) is 11.3 Å². The van der Waals surface area contributed by atoms with Crippen LogP contribution in [0.15, 0.2) is 60.0 Å². The van der Waals surface area contributed by atoms with Crippen LogP contribution in [0.25, 0.3) is 0 Å². The first-order valence-corrected chi connectivity index (χ1v) is 11.5. The van der Waals surface area contributed by atoms with E-state index < -0.39 is 10.0 Å². The molecule has 2 heterocycles. The van der Waals surface area contributed by atoms with Gasteiger partial charge in [0.2, 0.25) is 10.0 Å². The van der Waals surface area contributed by atoms with Crippen LogP contribution in [0.4, 0.5) is 5.69 Å². The summed E-state index contributed by atoms with van der Waals surface area (Å²) in [5.74, 6) is 1.15. The topological polar surface area (TPSA) is 55.8 Å². The lowest BCUT2D eigenvalue weighted by Gasteiger charge is -2.26. The molecule has 28 heavy (non-hydrogen) atoms. The summed E-state index contributed by atoms with van der Waals surface area (Å²) in [5, 5.41) is 1.95. The van der Waals surface area contributed by atoms with Crippen molar-refractivity contribution in [2.45, 2.75) is 19.2 Å². The van der Waals surface area contributed by atoms with E-state index in [1.807, 2.05) is 48.7 Å². The minimum absolute atomic E-state index is 0.0610. The van der Waals surface area contributed by atoms with Crippen LogP contribution in [0.3, 0.4) is 0 Å². The highest BCUT2D eigenvalue weighted by Crippen LogP contribution is 2.36. The highest BCUT2D eigenvalue weighted by atomic mass is 32.2. The molecule has 0 spiro atoms. The molecule has 3 aromatic rings. The molecule has 7 heteroatoms. The monoisotopic (exact) mass is 415 g/mol. The molecule has 0 atom stereocenters. The number of nitrogens with zero attached hydrogens (tertiary/aromatic N) is 1. The van der Waals surface area contributed by atoms with Gasteiger partial charge in [0.1, 0.15) is 13.2 Å². The van der Waals surface area contributed by atoms with Crippen molar-refractivity contribution in [2.75, 3.05) is 17.5 Å². The maximum absolute atomic E-state index is 13.4. The Hall–Kier alpha value is -2.51. The fourth-order valence-corrected chi connectivity index (χ4v) is 5.47. The summed E-state index contributed by atoms with van der Waals surface area (Å²) in [6.45, 7) is 3.19. The van der Waals surface area contributed by atoms with E-state index in [0.29, 0.717) is 30.4 Å². The lowest BCUT2D eigenvalue weighted by Crippen LogP contribution is -2.31. The number of rotatable bonds is 6. The Balaban J connectivity index is 1.70. The summed E-state index contributed by atoms with van der Waals surface area (Å²) in [4.78, 5) is 0.975. The number of fused-ring (bicyclic) bond motifs is 1. The predicted molar refractivity (Wildman–Crippen MR) is 112 cm³/mol. The van der Waals surface area contributed by atoms with Gasteiger partial charge in [-0.25, -0.2) is 8.42 Å². The SMILES string of the molecule is Cc1cccc(CS(=O)(=O)N(Cc2cccs2)c2ccc3c(c2)OCCO3)c1. The van der Waals surface area contributed by atoms with Gasteiger partial charge in [-0.3, -0.25) is 4.31 Å². The van der Waals surface area contributed by atoms with Gasteiger partial charge in [-0.1, -0.05) is 35.9 Å². The second-order valence-corrected chi connectivity index (χ2v) is 9.58. The van der Waals surface area contributed by atoms with Crippen molar-refractivity contribution in [3.63, 3.8) is 0 Å². The number of hydrogen-bond acceptors (Lipinski definition) is 5. The first-order chi connectivity index (χ1) is 13.5. The summed E-state index contributed by atoms with van der Waals surface area (Å²) in [7, 11) is -3.60. The van der Waals surface area contributed by atoms with E-state index in [9.17, 15) is 8.42 Å². The van der Waals surface area contributed by atoms with Gasteiger partial charge in [-0.2, -0.15) is 0 Å². The normalized spacial score (nSPS) is 13.3. The molecule has 5 nitrogen and oxygen atoms in total. The van der Waals surface area contributed by atoms with Gasteiger partial charge >= 0.3 is 0 Å². The molecule has 146 valence electrons. The molecular formula is C21H21NO4S2. The molecule has 1 aliphatic rings. The van der Waals surface area contributed by atoms with Crippen molar-refractivity contribution in [2.24, 2.45) is 0 Å². The van der Waals surface area contributed by atoms with Crippen molar-refractivity contribution in [3.05, 3.63) is 76.0 Å².